The van der Waals surface area contributed by atoms with Gasteiger partial charge in [-0.05, 0) is 30.5 Å². The Morgan fingerprint density at radius 1 is 1.23 bits per heavy atom. The van der Waals surface area contributed by atoms with Crippen LogP contribution in [-0.4, -0.2) is 13.1 Å². The van der Waals surface area contributed by atoms with Crippen molar-refractivity contribution in [2.75, 3.05) is 13.1 Å². The summed E-state index contributed by atoms with van der Waals surface area (Å²) in [6.07, 6.45) is 0. The van der Waals surface area contributed by atoms with E-state index >= 15 is 0 Å². The molecule has 1 aromatic carbocycles. The molecule has 1 fully saturated rings. The van der Waals surface area contributed by atoms with E-state index in [4.69, 9.17) is 0 Å². The molecule has 13 heavy (non-hydrogen) atoms. The lowest BCUT2D eigenvalue weighted by atomic mass is 9.88. The Morgan fingerprint density at radius 3 is 2.62 bits per heavy atom. The maximum atomic E-state index is 3.45. The highest BCUT2D eigenvalue weighted by atomic mass is 14.9. The third-order valence-corrected chi connectivity index (χ3v) is 3.11. The number of hydrogen-bond acceptors (Lipinski definition) is 1. The van der Waals surface area contributed by atoms with Gasteiger partial charge in [0.1, 0.15) is 0 Å². The monoisotopic (exact) mass is 175 g/mol. The van der Waals surface area contributed by atoms with E-state index in [1.807, 2.05) is 0 Å². The van der Waals surface area contributed by atoms with Crippen LogP contribution in [0, 0.1) is 12.8 Å². The predicted molar refractivity (Wildman–Crippen MR) is 56.0 cm³/mol. The van der Waals surface area contributed by atoms with Crippen molar-refractivity contribution in [1.29, 1.82) is 0 Å². The second kappa shape index (κ2) is 3.51. The second-order valence-corrected chi connectivity index (χ2v) is 4.10. The van der Waals surface area contributed by atoms with Gasteiger partial charge in [-0.15, -0.1) is 0 Å². The van der Waals surface area contributed by atoms with E-state index in [0.717, 1.165) is 18.4 Å². The van der Waals surface area contributed by atoms with E-state index in [9.17, 15) is 0 Å². The fourth-order valence-corrected chi connectivity index (χ4v) is 2.23. The Balaban J connectivity index is 2.29. The molecule has 1 aromatic rings. The van der Waals surface area contributed by atoms with Crippen molar-refractivity contribution < 1.29 is 0 Å². The van der Waals surface area contributed by atoms with Gasteiger partial charge in [-0.25, -0.2) is 0 Å². The molecule has 0 aromatic heterocycles. The van der Waals surface area contributed by atoms with Crippen LogP contribution in [0.4, 0.5) is 0 Å². The molecule has 1 heterocycles. The van der Waals surface area contributed by atoms with Crippen molar-refractivity contribution in [3.05, 3.63) is 35.4 Å². The average molecular weight is 175 g/mol. The molecule has 0 spiro atoms. The highest BCUT2D eigenvalue weighted by molar-refractivity contribution is 5.30. The Morgan fingerprint density at radius 2 is 2.00 bits per heavy atom. The highest BCUT2D eigenvalue weighted by Crippen LogP contribution is 2.29. The summed E-state index contributed by atoms with van der Waals surface area (Å²) in [6, 6.07) is 8.74. The van der Waals surface area contributed by atoms with Crippen LogP contribution in [0.2, 0.25) is 0 Å². The van der Waals surface area contributed by atoms with E-state index < -0.39 is 0 Å². The van der Waals surface area contributed by atoms with E-state index in [2.05, 4.69) is 43.4 Å². The molecule has 0 saturated carbocycles. The summed E-state index contributed by atoms with van der Waals surface area (Å²) < 4.78 is 0. The molecule has 1 aliphatic heterocycles. The number of benzene rings is 1. The summed E-state index contributed by atoms with van der Waals surface area (Å²) in [5.41, 5.74) is 2.96. The molecule has 2 atom stereocenters. The van der Waals surface area contributed by atoms with E-state index in [-0.39, 0.29) is 0 Å². The first-order valence-electron chi connectivity index (χ1n) is 5.05. The normalized spacial score (nSPS) is 27.8. The van der Waals surface area contributed by atoms with Gasteiger partial charge in [0.15, 0.2) is 0 Å². The van der Waals surface area contributed by atoms with Gasteiger partial charge in [0.05, 0.1) is 0 Å². The maximum Gasteiger partial charge on any atom is 0.00234 e. The molecule has 1 N–H and O–H groups in total. The summed E-state index contributed by atoms with van der Waals surface area (Å²) in [5.74, 6) is 1.50. The smallest absolute Gasteiger partial charge is 0.00234 e. The zero-order valence-electron chi connectivity index (χ0n) is 8.38. The Hall–Kier alpha value is -0.820. The largest absolute Gasteiger partial charge is 0.316 e. The third kappa shape index (κ3) is 1.61. The standard InChI is InChI=1S/C12H17N/c1-9-5-3-4-6-11(9)12-8-13-7-10(12)2/h3-6,10,12-13H,7-8H2,1-2H3/t10-,12+/m0/s1. The molecule has 0 aliphatic carbocycles. The van der Waals surface area contributed by atoms with Crippen LogP contribution in [-0.2, 0) is 0 Å². The van der Waals surface area contributed by atoms with Crippen LogP contribution in [0.3, 0.4) is 0 Å². The molecule has 70 valence electrons. The van der Waals surface area contributed by atoms with E-state index in [1.54, 1.807) is 0 Å². The minimum absolute atomic E-state index is 0.723. The Bertz CT molecular complexity index is 293. The van der Waals surface area contributed by atoms with Gasteiger partial charge in [0.25, 0.3) is 0 Å². The lowest BCUT2D eigenvalue weighted by Gasteiger charge is -2.16. The maximum absolute atomic E-state index is 3.45. The van der Waals surface area contributed by atoms with Crippen LogP contribution in [0.25, 0.3) is 0 Å². The molecule has 1 saturated heterocycles. The molecule has 0 unspecified atom stereocenters. The van der Waals surface area contributed by atoms with E-state index in [0.29, 0.717) is 0 Å². The number of nitrogens with one attached hydrogen (secondary N) is 1. The zero-order chi connectivity index (χ0) is 9.26. The first-order valence-corrected chi connectivity index (χ1v) is 5.05. The fourth-order valence-electron chi connectivity index (χ4n) is 2.23. The average Bonchev–Trinajstić information content (AvgIpc) is 2.52. The van der Waals surface area contributed by atoms with Crippen molar-refractivity contribution >= 4 is 0 Å². The lowest BCUT2D eigenvalue weighted by molar-refractivity contribution is 0.570. The van der Waals surface area contributed by atoms with Crippen LogP contribution in [0.15, 0.2) is 24.3 Å². The fraction of sp³-hybridized carbons (Fsp3) is 0.500. The summed E-state index contributed by atoms with van der Waals surface area (Å²) >= 11 is 0. The second-order valence-electron chi connectivity index (χ2n) is 4.10. The van der Waals surface area contributed by atoms with Gasteiger partial charge in [-0.2, -0.15) is 0 Å². The van der Waals surface area contributed by atoms with Crippen molar-refractivity contribution in [2.45, 2.75) is 19.8 Å². The SMILES string of the molecule is Cc1ccccc1[C@@H]1CNC[C@@H]1C. The molecular weight excluding hydrogens is 158 g/mol. The van der Waals surface area contributed by atoms with Crippen molar-refractivity contribution in [1.82, 2.24) is 5.32 Å². The molecule has 1 heteroatoms. The van der Waals surface area contributed by atoms with Gasteiger partial charge < -0.3 is 5.32 Å². The van der Waals surface area contributed by atoms with Crippen molar-refractivity contribution in [3.8, 4) is 0 Å². The quantitative estimate of drug-likeness (QED) is 0.690. The summed E-state index contributed by atoms with van der Waals surface area (Å²) in [7, 11) is 0. The summed E-state index contributed by atoms with van der Waals surface area (Å²) in [6.45, 7) is 6.85. The molecule has 1 aliphatic rings. The molecule has 0 amide bonds. The summed E-state index contributed by atoms with van der Waals surface area (Å²) in [4.78, 5) is 0. The van der Waals surface area contributed by atoms with Crippen LogP contribution >= 0.6 is 0 Å². The van der Waals surface area contributed by atoms with Crippen LogP contribution < -0.4 is 5.32 Å². The van der Waals surface area contributed by atoms with E-state index in [1.165, 1.54) is 17.7 Å². The van der Waals surface area contributed by atoms with Gasteiger partial charge in [0, 0.05) is 12.5 Å². The first kappa shape index (κ1) is 8.76. The summed E-state index contributed by atoms with van der Waals surface area (Å²) in [5, 5.41) is 3.45. The predicted octanol–water partition coefficient (Wildman–Crippen LogP) is 2.32. The van der Waals surface area contributed by atoms with Crippen molar-refractivity contribution in [2.24, 2.45) is 5.92 Å². The molecule has 1 nitrogen and oxygen atoms in total. The zero-order valence-corrected chi connectivity index (χ0v) is 8.38. The van der Waals surface area contributed by atoms with Crippen LogP contribution in [0.1, 0.15) is 24.0 Å². The van der Waals surface area contributed by atoms with Crippen LogP contribution in [0.5, 0.6) is 0 Å². The Labute approximate surface area is 80.2 Å². The van der Waals surface area contributed by atoms with Gasteiger partial charge in [0.2, 0.25) is 0 Å². The topological polar surface area (TPSA) is 12.0 Å². The van der Waals surface area contributed by atoms with Gasteiger partial charge in [-0.3, -0.25) is 0 Å². The Kier molecular flexibility index (Phi) is 2.36. The molecule has 0 radical (unpaired) electrons. The minimum Gasteiger partial charge on any atom is -0.316 e. The van der Waals surface area contributed by atoms with Gasteiger partial charge in [-0.1, -0.05) is 31.2 Å². The molecule has 0 bridgehead atoms. The van der Waals surface area contributed by atoms with Crippen molar-refractivity contribution in [3.63, 3.8) is 0 Å². The van der Waals surface area contributed by atoms with Gasteiger partial charge >= 0.3 is 0 Å². The minimum atomic E-state index is 0.723. The number of rotatable bonds is 1. The third-order valence-electron chi connectivity index (χ3n) is 3.11. The first-order chi connectivity index (χ1) is 6.29. The number of hydrogen-bond donors (Lipinski definition) is 1. The lowest BCUT2D eigenvalue weighted by Crippen LogP contribution is -2.09. The number of aryl methyl sites for hydroxylation is 1. The highest BCUT2D eigenvalue weighted by Gasteiger charge is 2.25. The molecule has 2 rings (SSSR count). The molecular formula is C12H17N.